The van der Waals surface area contributed by atoms with Gasteiger partial charge in [0, 0.05) is 6.42 Å². The van der Waals surface area contributed by atoms with Crippen LogP contribution in [0.1, 0.15) is 19.3 Å². The molecule has 0 amide bonds. The molecule has 0 aromatic carbocycles. The molecular weight excluding hydrogens is 138 g/mol. The lowest BCUT2D eigenvalue weighted by molar-refractivity contribution is -0.118. The van der Waals surface area contributed by atoms with E-state index in [9.17, 15) is 4.79 Å². The average molecular weight is 151 g/mol. The fourth-order valence-corrected chi connectivity index (χ4v) is 1.12. The Balaban J connectivity index is 2.02. The highest BCUT2D eigenvalue weighted by atomic mass is 16.1. The van der Waals surface area contributed by atoms with Gasteiger partial charge < -0.3 is 5.32 Å². The van der Waals surface area contributed by atoms with Gasteiger partial charge in [0.15, 0.2) is 0 Å². The van der Waals surface area contributed by atoms with Crippen LogP contribution in [0.4, 0.5) is 0 Å². The van der Waals surface area contributed by atoms with Gasteiger partial charge in [0.2, 0.25) is 0 Å². The number of terminal acetylenes is 1. The minimum atomic E-state index is 0.208. The Kier molecular flexibility index (Phi) is 3.13. The highest BCUT2D eigenvalue weighted by Gasteiger charge is 2.16. The van der Waals surface area contributed by atoms with Gasteiger partial charge in [-0.15, -0.1) is 6.42 Å². The maximum Gasteiger partial charge on any atom is 0.144 e. The summed E-state index contributed by atoms with van der Waals surface area (Å²) in [5, 5.41) is 3.17. The Morgan fingerprint density at radius 3 is 2.82 bits per heavy atom. The summed E-state index contributed by atoms with van der Waals surface area (Å²) in [6.07, 6.45) is 6.98. The number of nitrogens with one attached hydrogen (secondary N) is 1. The summed E-state index contributed by atoms with van der Waals surface area (Å²) >= 11 is 0. The van der Waals surface area contributed by atoms with E-state index < -0.39 is 0 Å². The summed E-state index contributed by atoms with van der Waals surface area (Å²) in [7, 11) is 0. The van der Waals surface area contributed by atoms with E-state index in [-0.39, 0.29) is 5.78 Å². The third-order valence-electron chi connectivity index (χ3n) is 2.00. The number of carbonyl (C=O) groups excluding carboxylic acids is 1. The topological polar surface area (TPSA) is 29.1 Å². The summed E-state index contributed by atoms with van der Waals surface area (Å²) in [6, 6.07) is 0. The van der Waals surface area contributed by atoms with Gasteiger partial charge in [-0.05, 0) is 25.4 Å². The fraction of sp³-hybridized carbons (Fsp3) is 0.667. The number of ketones is 1. The van der Waals surface area contributed by atoms with Crippen molar-refractivity contribution in [3.8, 4) is 12.3 Å². The zero-order valence-corrected chi connectivity index (χ0v) is 6.60. The van der Waals surface area contributed by atoms with Crippen LogP contribution in [-0.4, -0.2) is 18.9 Å². The van der Waals surface area contributed by atoms with E-state index in [1.165, 1.54) is 0 Å². The maximum absolute atomic E-state index is 10.9. The Bertz CT molecular complexity index is 176. The lowest BCUT2D eigenvalue weighted by atomic mass is 9.96. The second kappa shape index (κ2) is 4.15. The normalized spacial score (nSPS) is 17.0. The standard InChI is InChI=1S/C9H13NO/c1-2-3-9(11)5-4-8-6-10-7-8/h1,8,10H,3-7H2. The minimum Gasteiger partial charge on any atom is -0.316 e. The van der Waals surface area contributed by atoms with Gasteiger partial charge in [-0.25, -0.2) is 0 Å². The lowest BCUT2D eigenvalue weighted by Gasteiger charge is -2.26. The number of carbonyl (C=O) groups is 1. The van der Waals surface area contributed by atoms with E-state index >= 15 is 0 Å². The van der Waals surface area contributed by atoms with Crippen molar-refractivity contribution in [1.29, 1.82) is 0 Å². The first-order chi connectivity index (χ1) is 5.33. The minimum absolute atomic E-state index is 0.208. The third kappa shape index (κ3) is 2.73. The molecule has 1 saturated heterocycles. The van der Waals surface area contributed by atoms with Gasteiger partial charge in [-0.1, -0.05) is 5.92 Å². The van der Waals surface area contributed by atoms with Gasteiger partial charge >= 0.3 is 0 Å². The molecule has 2 heteroatoms. The summed E-state index contributed by atoms with van der Waals surface area (Å²) in [5.74, 6) is 3.29. The second-order valence-electron chi connectivity index (χ2n) is 2.98. The average Bonchev–Trinajstić information content (AvgIpc) is 1.85. The van der Waals surface area contributed by atoms with Crippen molar-refractivity contribution in [3.63, 3.8) is 0 Å². The highest BCUT2D eigenvalue weighted by Crippen LogP contribution is 2.11. The largest absolute Gasteiger partial charge is 0.316 e. The van der Waals surface area contributed by atoms with Crippen molar-refractivity contribution in [3.05, 3.63) is 0 Å². The molecule has 1 aliphatic heterocycles. The van der Waals surface area contributed by atoms with Crippen LogP contribution in [-0.2, 0) is 4.79 Å². The number of rotatable bonds is 4. The van der Waals surface area contributed by atoms with E-state index in [0.717, 1.165) is 25.4 Å². The molecule has 60 valence electrons. The number of hydrogen-bond donors (Lipinski definition) is 1. The molecule has 1 fully saturated rings. The Morgan fingerprint density at radius 2 is 2.36 bits per heavy atom. The molecule has 2 nitrogen and oxygen atoms in total. The zero-order valence-electron chi connectivity index (χ0n) is 6.60. The molecule has 0 radical (unpaired) electrons. The highest BCUT2D eigenvalue weighted by molar-refractivity contribution is 5.80. The molecular formula is C9H13NO. The monoisotopic (exact) mass is 151 g/mol. The lowest BCUT2D eigenvalue weighted by Crippen LogP contribution is -2.41. The van der Waals surface area contributed by atoms with E-state index in [4.69, 9.17) is 6.42 Å². The van der Waals surface area contributed by atoms with Crippen molar-refractivity contribution in [2.24, 2.45) is 5.92 Å². The molecule has 0 unspecified atom stereocenters. The molecule has 0 aromatic heterocycles. The predicted octanol–water partition coefficient (Wildman–Crippen LogP) is 0.578. The van der Waals surface area contributed by atoms with Crippen LogP contribution in [0.3, 0.4) is 0 Å². The van der Waals surface area contributed by atoms with Gasteiger partial charge in [0.1, 0.15) is 5.78 Å². The van der Waals surface area contributed by atoms with Crippen molar-refractivity contribution >= 4 is 5.78 Å². The first-order valence-electron chi connectivity index (χ1n) is 3.99. The van der Waals surface area contributed by atoms with Crippen molar-refractivity contribution in [2.75, 3.05) is 13.1 Å². The summed E-state index contributed by atoms with van der Waals surface area (Å²) in [6.45, 7) is 2.15. The van der Waals surface area contributed by atoms with Gasteiger partial charge in [-0.2, -0.15) is 0 Å². The summed E-state index contributed by atoms with van der Waals surface area (Å²) in [4.78, 5) is 10.9. The molecule has 1 rings (SSSR count). The van der Waals surface area contributed by atoms with Gasteiger partial charge in [0.05, 0.1) is 6.42 Å². The zero-order chi connectivity index (χ0) is 8.10. The van der Waals surface area contributed by atoms with Crippen LogP contribution in [0.5, 0.6) is 0 Å². The molecule has 0 saturated carbocycles. The van der Waals surface area contributed by atoms with Gasteiger partial charge in [0.25, 0.3) is 0 Å². The van der Waals surface area contributed by atoms with Crippen molar-refractivity contribution in [2.45, 2.75) is 19.3 Å². The fourth-order valence-electron chi connectivity index (χ4n) is 1.12. The van der Waals surface area contributed by atoms with Crippen LogP contribution >= 0.6 is 0 Å². The quantitative estimate of drug-likeness (QED) is 0.595. The van der Waals surface area contributed by atoms with Crippen LogP contribution < -0.4 is 5.32 Å². The van der Waals surface area contributed by atoms with Crippen LogP contribution in [0.2, 0.25) is 0 Å². The number of Topliss-reactive ketones (excluding diaryl/α,β-unsaturated/α-hetero) is 1. The van der Waals surface area contributed by atoms with E-state index in [1.54, 1.807) is 0 Å². The van der Waals surface area contributed by atoms with Crippen molar-refractivity contribution < 1.29 is 4.79 Å². The van der Waals surface area contributed by atoms with Gasteiger partial charge in [-0.3, -0.25) is 4.79 Å². The maximum atomic E-state index is 10.9. The van der Waals surface area contributed by atoms with E-state index in [1.807, 2.05) is 0 Å². The van der Waals surface area contributed by atoms with Crippen LogP contribution in [0, 0.1) is 18.3 Å². The Hall–Kier alpha value is -0.810. The molecule has 1 heterocycles. The molecule has 0 atom stereocenters. The first kappa shape index (κ1) is 8.29. The SMILES string of the molecule is C#CCC(=O)CCC1CNC1. The summed E-state index contributed by atoms with van der Waals surface area (Å²) < 4.78 is 0. The summed E-state index contributed by atoms with van der Waals surface area (Å²) in [5.41, 5.74) is 0. The smallest absolute Gasteiger partial charge is 0.144 e. The van der Waals surface area contributed by atoms with E-state index in [2.05, 4.69) is 11.2 Å². The predicted molar refractivity (Wildman–Crippen MR) is 44.1 cm³/mol. The van der Waals surface area contributed by atoms with Crippen LogP contribution in [0.15, 0.2) is 0 Å². The van der Waals surface area contributed by atoms with Crippen LogP contribution in [0.25, 0.3) is 0 Å². The molecule has 0 spiro atoms. The molecule has 1 aliphatic rings. The number of hydrogen-bond acceptors (Lipinski definition) is 2. The molecule has 0 aliphatic carbocycles. The molecule has 11 heavy (non-hydrogen) atoms. The first-order valence-corrected chi connectivity index (χ1v) is 3.99. The third-order valence-corrected chi connectivity index (χ3v) is 2.00. The Morgan fingerprint density at radius 1 is 1.64 bits per heavy atom. The molecule has 1 N–H and O–H groups in total. The molecule has 0 bridgehead atoms. The van der Waals surface area contributed by atoms with Crippen molar-refractivity contribution in [1.82, 2.24) is 5.32 Å². The second-order valence-corrected chi connectivity index (χ2v) is 2.98. The van der Waals surface area contributed by atoms with E-state index in [0.29, 0.717) is 12.8 Å². The molecule has 0 aromatic rings. The Labute approximate surface area is 67.4 Å².